The number of carboxylic acids is 1. The van der Waals surface area contributed by atoms with Crippen LogP contribution < -0.4 is 4.74 Å². The third kappa shape index (κ3) is 4.93. The second kappa shape index (κ2) is 8.50. The highest BCUT2D eigenvalue weighted by Gasteiger charge is 2.26. The summed E-state index contributed by atoms with van der Waals surface area (Å²) >= 11 is 0. The normalized spacial score (nSPS) is 19.3. The molecule has 0 aliphatic heterocycles. The van der Waals surface area contributed by atoms with E-state index in [0.717, 1.165) is 36.9 Å². The van der Waals surface area contributed by atoms with Gasteiger partial charge in [-0.1, -0.05) is 34.6 Å². The Morgan fingerprint density at radius 3 is 2.55 bits per heavy atom. The second-order valence-electron chi connectivity index (χ2n) is 8.70. The van der Waals surface area contributed by atoms with Crippen molar-refractivity contribution in [2.24, 2.45) is 0 Å². The first kappa shape index (κ1) is 21.0. The van der Waals surface area contributed by atoms with Crippen molar-refractivity contribution in [3.8, 4) is 17.1 Å². The highest BCUT2D eigenvalue weighted by molar-refractivity contribution is 5.87. The molecule has 3 aromatic rings. The van der Waals surface area contributed by atoms with Crippen molar-refractivity contribution < 1.29 is 19.7 Å². The lowest BCUT2D eigenvalue weighted by atomic mass is 9.82. The fourth-order valence-electron chi connectivity index (χ4n) is 4.11. The first-order chi connectivity index (χ1) is 14.8. The third-order valence-corrected chi connectivity index (χ3v) is 5.61. The molecule has 0 spiro atoms. The lowest BCUT2D eigenvalue weighted by Gasteiger charge is -2.28. The monoisotopic (exact) mass is 425 g/mol. The minimum atomic E-state index is -1.13. The van der Waals surface area contributed by atoms with Gasteiger partial charge >= 0.3 is 5.97 Å². The molecule has 1 saturated carbocycles. The lowest BCUT2D eigenvalue weighted by Crippen LogP contribution is -2.27. The lowest BCUT2D eigenvalue weighted by molar-refractivity contribution is 0.0582. The average molecular weight is 425 g/mol. The Labute approximate surface area is 180 Å². The van der Waals surface area contributed by atoms with Crippen LogP contribution in [0, 0.1) is 0 Å². The van der Waals surface area contributed by atoms with Gasteiger partial charge in [0, 0.05) is 6.20 Å². The number of aromatic carboxylic acids is 1. The van der Waals surface area contributed by atoms with Gasteiger partial charge in [-0.15, -0.1) is 0 Å². The van der Waals surface area contributed by atoms with Crippen molar-refractivity contribution >= 4 is 5.97 Å². The molecular weight excluding hydrogens is 398 g/mol. The van der Waals surface area contributed by atoms with Gasteiger partial charge in [0.15, 0.2) is 0 Å². The number of ether oxygens (including phenoxy) is 1. The van der Waals surface area contributed by atoms with Gasteiger partial charge in [0.05, 0.1) is 17.8 Å². The topological polar surface area (TPSA) is 126 Å². The minimum absolute atomic E-state index is 0.0583. The van der Waals surface area contributed by atoms with Crippen LogP contribution in [0.5, 0.6) is 5.88 Å². The molecule has 0 radical (unpaired) electrons. The maximum atomic E-state index is 11.2. The van der Waals surface area contributed by atoms with Crippen molar-refractivity contribution in [3.05, 3.63) is 47.8 Å². The van der Waals surface area contributed by atoms with E-state index in [-0.39, 0.29) is 17.7 Å². The molecule has 0 saturated heterocycles. The predicted octanol–water partition coefficient (Wildman–Crippen LogP) is 3.24. The molecule has 4 rings (SSSR count). The van der Waals surface area contributed by atoms with Crippen LogP contribution >= 0.6 is 0 Å². The van der Waals surface area contributed by atoms with Gasteiger partial charge in [-0.3, -0.25) is 4.68 Å². The standard InChI is InChI=1S/C22H27N5O4/c1-22(2,30)13-27-18(11-12-23-27)16-5-3-14(4-6-16)15-7-9-17(10-8-15)31-20-19(21(28)29)24-26-25-20/h3-6,11-12,15,17,30H,7-10,13H2,1-2H3,(H,28,29)(H,24,25,26)/t15-,17-. The minimum Gasteiger partial charge on any atom is -0.476 e. The maximum absolute atomic E-state index is 11.2. The largest absolute Gasteiger partial charge is 0.476 e. The van der Waals surface area contributed by atoms with Crippen LogP contribution in [0.2, 0.25) is 0 Å². The molecule has 164 valence electrons. The summed E-state index contributed by atoms with van der Waals surface area (Å²) < 4.78 is 7.60. The summed E-state index contributed by atoms with van der Waals surface area (Å²) in [7, 11) is 0. The van der Waals surface area contributed by atoms with Crippen LogP contribution in [0.4, 0.5) is 0 Å². The highest BCUT2D eigenvalue weighted by Crippen LogP contribution is 2.35. The number of carbonyl (C=O) groups is 1. The number of carboxylic acid groups (broad SMARTS) is 1. The summed E-state index contributed by atoms with van der Waals surface area (Å²) in [6.45, 7) is 3.97. The van der Waals surface area contributed by atoms with Gasteiger partial charge in [0.1, 0.15) is 6.10 Å². The summed E-state index contributed by atoms with van der Waals surface area (Å²) in [6.07, 6.45) is 5.27. The van der Waals surface area contributed by atoms with Crippen molar-refractivity contribution in [3.63, 3.8) is 0 Å². The van der Waals surface area contributed by atoms with Crippen molar-refractivity contribution in [2.45, 2.75) is 63.7 Å². The number of aromatic nitrogens is 5. The summed E-state index contributed by atoms with van der Waals surface area (Å²) in [5.74, 6) is -0.632. The molecule has 0 atom stereocenters. The average Bonchev–Trinajstić information content (AvgIpc) is 3.37. The molecule has 2 aromatic heterocycles. The van der Waals surface area contributed by atoms with E-state index in [1.165, 1.54) is 5.56 Å². The zero-order chi connectivity index (χ0) is 22.0. The van der Waals surface area contributed by atoms with Crippen LogP contribution in [0.15, 0.2) is 36.5 Å². The van der Waals surface area contributed by atoms with Crippen molar-refractivity contribution in [1.82, 2.24) is 25.2 Å². The van der Waals surface area contributed by atoms with E-state index in [1.54, 1.807) is 20.0 Å². The van der Waals surface area contributed by atoms with Gasteiger partial charge in [0.25, 0.3) is 5.88 Å². The highest BCUT2D eigenvalue weighted by atomic mass is 16.5. The number of hydrogen-bond acceptors (Lipinski definition) is 6. The van der Waals surface area contributed by atoms with Gasteiger partial charge in [-0.05, 0) is 62.6 Å². The molecule has 3 N–H and O–H groups in total. The van der Waals surface area contributed by atoms with Crippen LogP contribution in [0.1, 0.15) is 61.5 Å². The molecule has 1 fully saturated rings. The Morgan fingerprint density at radius 2 is 1.90 bits per heavy atom. The molecular formula is C22H27N5O4. The van der Waals surface area contributed by atoms with Gasteiger partial charge in [-0.2, -0.15) is 5.10 Å². The first-order valence-electron chi connectivity index (χ1n) is 10.5. The van der Waals surface area contributed by atoms with Gasteiger partial charge < -0.3 is 14.9 Å². The first-order valence-corrected chi connectivity index (χ1v) is 10.5. The summed E-state index contributed by atoms with van der Waals surface area (Å²) in [6, 6.07) is 10.5. The molecule has 0 unspecified atom stereocenters. The number of benzene rings is 1. The molecule has 0 amide bonds. The SMILES string of the molecule is CC(C)(O)Cn1nccc1-c1ccc([C@H]2CC[C@H](Oc3nn[nH]c3C(=O)O)CC2)cc1. The van der Waals surface area contributed by atoms with E-state index in [9.17, 15) is 9.90 Å². The van der Waals surface area contributed by atoms with Crippen LogP contribution in [-0.4, -0.2) is 53.1 Å². The summed E-state index contributed by atoms with van der Waals surface area (Å²) in [4.78, 5) is 11.2. The number of nitrogens with one attached hydrogen (secondary N) is 1. The van der Waals surface area contributed by atoms with E-state index in [2.05, 4.69) is 44.8 Å². The van der Waals surface area contributed by atoms with Crippen molar-refractivity contribution in [1.29, 1.82) is 0 Å². The van der Waals surface area contributed by atoms with Crippen molar-refractivity contribution in [2.75, 3.05) is 0 Å². The fourth-order valence-corrected chi connectivity index (χ4v) is 4.11. The molecule has 9 heteroatoms. The molecule has 31 heavy (non-hydrogen) atoms. The molecule has 1 aliphatic rings. The van der Waals surface area contributed by atoms with Gasteiger partial charge in [0.2, 0.25) is 5.69 Å². The maximum Gasteiger partial charge on any atom is 0.359 e. The smallest absolute Gasteiger partial charge is 0.359 e. The zero-order valence-electron chi connectivity index (χ0n) is 17.7. The number of H-pyrrole nitrogens is 1. The van der Waals surface area contributed by atoms with Gasteiger partial charge in [-0.25, -0.2) is 9.89 Å². The summed E-state index contributed by atoms with van der Waals surface area (Å²) in [5, 5.41) is 33.2. The Bertz CT molecular complexity index is 1030. The van der Waals surface area contributed by atoms with E-state index < -0.39 is 11.6 Å². The van der Waals surface area contributed by atoms with Crippen LogP contribution in [0.25, 0.3) is 11.3 Å². The van der Waals surface area contributed by atoms with E-state index in [1.807, 2.05) is 10.7 Å². The number of rotatable bonds is 7. The fraction of sp³-hybridized carbons (Fsp3) is 0.455. The van der Waals surface area contributed by atoms with Crippen LogP contribution in [-0.2, 0) is 6.54 Å². The second-order valence-corrected chi connectivity index (χ2v) is 8.70. The number of aliphatic hydroxyl groups is 1. The molecule has 2 heterocycles. The molecule has 1 aromatic carbocycles. The Morgan fingerprint density at radius 1 is 1.19 bits per heavy atom. The molecule has 1 aliphatic carbocycles. The molecule has 9 nitrogen and oxygen atoms in total. The summed E-state index contributed by atoms with van der Waals surface area (Å²) in [5.41, 5.74) is 2.38. The third-order valence-electron chi connectivity index (χ3n) is 5.61. The number of hydrogen-bond donors (Lipinski definition) is 3. The van der Waals surface area contributed by atoms with E-state index >= 15 is 0 Å². The molecule has 0 bridgehead atoms. The quantitative estimate of drug-likeness (QED) is 0.530. The zero-order valence-corrected chi connectivity index (χ0v) is 17.7. The van der Waals surface area contributed by atoms with E-state index in [0.29, 0.717) is 12.5 Å². The Kier molecular flexibility index (Phi) is 5.77. The van der Waals surface area contributed by atoms with E-state index in [4.69, 9.17) is 9.84 Å². The number of nitrogens with zero attached hydrogens (tertiary/aromatic N) is 4. The predicted molar refractivity (Wildman–Crippen MR) is 113 cm³/mol. The Hall–Kier alpha value is -3.20. The Balaban J connectivity index is 1.37. The van der Waals surface area contributed by atoms with Crippen LogP contribution in [0.3, 0.4) is 0 Å². The number of aromatic amines is 1.